The zero-order valence-corrected chi connectivity index (χ0v) is 12.1. The van der Waals surface area contributed by atoms with Gasteiger partial charge in [-0.2, -0.15) is 0 Å². The molecule has 20 heavy (non-hydrogen) atoms. The summed E-state index contributed by atoms with van der Waals surface area (Å²) in [4.78, 5) is 0. The van der Waals surface area contributed by atoms with Crippen molar-refractivity contribution in [1.82, 2.24) is 5.32 Å². The number of anilines is 1. The zero-order chi connectivity index (χ0) is 15.2. The molecule has 0 fully saturated rings. The third kappa shape index (κ3) is 6.10. The van der Waals surface area contributed by atoms with Crippen LogP contribution < -0.4 is 15.4 Å². The van der Waals surface area contributed by atoms with Crippen LogP contribution in [0.1, 0.15) is 26.7 Å². The number of nitrogens with one attached hydrogen (secondary N) is 2. The van der Waals surface area contributed by atoms with Crippen LogP contribution >= 0.6 is 12.2 Å². The lowest BCUT2D eigenvalue weighted by Crippen LogP contribution is -2.36. The number of hydrogen-bond acceptors (Lipinski definition) is 2. The highest BCUT2D eigenvalue weighted by Gasteiger charge is 2.30. The Bertz CT molecular complexity index is 430. The average molecular weight is 306 g/mol. The predicted molar refractivity (Wildman–Crippen MR) is 76.9 cm³/mol. The Morgan fingerprint density at radius 2 is 1.75 bits per heavy atom. The summed E-state index contributed by atoms with van der Waals surface area (Å²) in [5.74, 6) is -0.262. The van der Waals surface area contributed by atoms with Crippen molar-refractivity contribution in [2.75, 3.05) is 5.32 Å². The molecule has 1 rings (SSSR count). The van der Waals surface area contributed by atoms with E-state index in [1.807, 2.05) is 13.8 Å². The van der Waals surface area contributed by atoms with Crippen LogP contribution in [-0.2, 0) is 0 Å². The Morgan fingerprint density at radius 1 is 1.20 bits per heavy atom. The van der Waals surface area contributed by atoms with Crippen molar-refractivity contribution in [2.45, 2.75) is 39.1 Å². The van der Waals surface area contributed by atoms with E-state index in [1.54, 1.807) is 0 Å². The molecule has 0 saturated carbocycles. The van der Waals surface area contributed by atoms with Crippen LogP contribution in [0.3, 0.4) is 0 Å². The summed E-state index contributed by atoms with van der Waals surface area (Å²) in [6.07, 6.45) is -2.80. The van der Waals surface area contributed by atoms with Gasteiger partial charge in [-0.15, -0.1) is 13.2 Å². The maximum absolute atomic E-state index is 12.0. The molecular weight excluding hydrogens is 289 g/mol. The van der Waals surface area contributed by atoms with E-state index < -0.39 is 6.36 Å². The summed E-state index contributed by atoms with van der Waals surface area (Å²) in [7, 11) is 0. The molecule has 2 N–H and O–H groups in total. The van der Waals surface area contributed by atoms with Crippen molar-refractivity contribution >= 4 is 23.0 Å². The molecule has 0 aliphatic heterocycles. The molecule has 0 bridgehead atoms. The first-order chi connectivity index (χ1) is 9.34. The smallest absolute Gasteiger partial charge is 0.406 e. The van der Waals surface area contributed by atoms with Crippen LogP contribution in [0, 0.1) is 0 Å². The predicted octanol–water partition coefficient (Wildman–Crippen LogP) is 4.06. The number of alkyl halides is 3. The monoisotopic (exact) mass is 306 g/mol. The van der Waals surface area contributed by atoms with Crippen molar-refractivity contribution in [1.29, 1.82) is 0 Å². The number of ether oxygens (including phenoxy) is 1. The lowest BCUT2D eigenvalue weighted by molar-refractivity contribution is -0.274. The van der Waals surface area contributed by atoms with Crippen LogP contribution in [0.5, 0.6) is 5.75 Å². The van der Waals surface area contributed by atoms with Gasteiger partial charge in [0, 0.05) is 11.7 Å². The molecule has 0 aliphatic rings. The van der Waals surface area contributed by atoms with Crippen molar-refractivity contribution in [3.63, 3.8) is 0 Å². The number of thiocarbonyl (C=S) groups is 1. The van der Waals surface area contributed by atoms with Gasteiger partial charge in [0.25, 0.3) is 0 Å². The van der Waals surface area contributed by atoms with Crippen molar-refractivity contribution in [3.8, 4) is 5.75 Å². The third-order valence-electron chi connectivity index (χ3n) is 2.67. The summed E-state index contributed by atoms with van der Waals surface area (Å²) in [5, 5.41) is 6.49. The summed E-state index contributed by atoms with van der Waals surface area (Å²) < 4.78 is 39.8. The molecule has 0 saturated heterocycles. The van der Waals surface area contributed by atoms with Gasteiger partial charge in [-0.25, -0.2) is 0 Å². The highest BCUT2D eigenvalue weighted by molar-refractivity contribution is 7.80. The van der Waals surface area contributed by atoms with Gasteiger partial charge in [-0.1, -0.05) is 13.8 Å². The second-order valence-corrected chi connectivity index (χ2v) is 4.59. The minimum Gasteiger partial charge on any atom is -0.406 e. The Labute approximate surface area is 121 Å². The molecule has 0 amide bonds. The number of hydrogen-bond donors (Lipinski definition) is 2. The molecule has 1 aromatic rings. The maximum Gasteiger partial charge on any atom is 0.573 e. The highest BCUT2D eigenvalue weighted by atomic mass is 32.1. The Hall–Kier alpha value is -1.50. The average Bonchev–Trinajstić information content (AvgIpc) is 2.36. The molecular formula is C13H17F3N2OS. The molecule has 0 radical (unpaired) electrons. The summed E-state index contributed by atoms with van der Waals surface area (Å²) in [6.45, 7) is 4.10. The van der Waals surface area contributed by atoms with Gasteiger partial charge in [0.2, 0.25) is 0 Å². The van der Waals surface area contributed by atoms with E-state index in [9.17, 15) is 13.2 Å². The number of rotatable bonds is 5. The fourth-order valence-corrected chi connectivity index (χ4v) is 1.87. The van der Waals surface area contributed by atoms with E-state index in [1.165, 1.54) is 24.3 Å². The molecule has 0 spiro atoms. The second kappa shape index (κ2) is 7.33. The molecule has 7 heteroatoms. The Morgan fingerprint density at radius 3 is 2.20 bits per heavy atom. The molecule has 0 aliphatic carbocycles. The summed E-state index contributed by atoms with van der Waals surface area (Å²) in [6, 6.07) is 5.69. The fourth-order valence-electron chi connectivity index (χ4n) is 1.59. The molecule has 112 valence electrons. The van der Waals surface area contributed by atoms with Crippen molar-refractivity contribution < 1.29 is 17.9 Å². The molecule has 1 aromatic carbocycles. The van der Waals surface area contributed by atoms with Crippen LogP contribution in [0.4, 0.5) is 18.9 Å². The number of halogens is 3. The highest BCUT2D eigenvalue weighted by Crippen LogP contribution is 2.23. The van der Waals surface area contributed by atoms with E-state index in [4.69, 9.17) is 12.2 Å². The largest absolute Gasteiger partial charge is 0.573 e. The van der Waals surface area contributed by atoms with Gasteiger partial charge in [0.05, 0.1) is 0 Å². The van der Waals surface area contributed by atoms with E-state index in [0.29, 0.717) is 10.8 Å². The zero-order valence-electron chi connectivity index (χ0n) is 11.3. The minimum absolute atomic E-state index is 0.262. The third-order valence-corrected chi connectivity index (χ3v) is 2.89. The Balaban J connectivity index is 2.55. The first-order valence-electron chi connectivity index (χ1n) is 6.27. The van der Waals surface area contributed by atoms with Gasteiger partial charge >= 0.3 is 6.36 Å². The molecule has 3 nitrogen and oxygen atoms in total. The first-order valence-corrected chi connectivity index (χ1v) is 6.68. The van der Waals surface area contributed by atoms with E-state index in [2.05, 4.69) is 15.4 Å². The normalized spacial score (nSPS) is 11.3. The molecule has 0 aromatic heterocycles. The standard InChI is InChI=1S/C13H17F3N2OS/c1-3-9(4-2)17-12(20)18-10-5-7-11(8-6-10)19-13(14,15)16/h5-9H,3-4H2,1-2H3,(H2,17,18,20). The van der Waals surface area contributed by atoms with E-state index in [0.717, 1.165) is 12.8 Å². The van der Waals surface area contributed by atoms with E-state index in [-0.39, 0.29) is 11.8 Å². The summed E-state index contributed by atoms with van der Waals surface area (Å²) in [5.41, 5.74) is 0.600. The van der Waals surface area contributed by atoms with Gasteiger partial charge in [-0.3, -0.25) is 0 Å². The van der Waals surface area contributed by atoms with Gasteiger partial charge in [0.1, 0.15) is 5.75 Å². The van der Waals surface area contributed by atoms with Gasteiger partial charge in [0.15, 0.2) is 5.11 Å². The Kier molecular flexibility index (Phi) is 6.06. The molecule has 0 atom stereocenters. The van der Waals surface area contributed by atoms with Crippen molar-refractivity contribution in [2.24, 2.45) is 0 Å². The van der Waals surface area contributed by atoms with Gasteiger partial charge < -0.3 is 15.4 Å². The van der Waals surface area contributed by atoms with Crippen LogP contribution in [0.15, 0.2) is 24.3 Å². The summed E-state index contributed by atoms with van der Waals surface area (Å²) >= 11 is 5.13. The van der Waals surface area contributed by atoms with E-state index >= 15 is 0 Å². The lowest BCUT2D eigenvalue weighted by atomic mass is 10.2. The topological polar surface area (TPSA) is 33.3 Å². The first kappa shape index (κ1) is 16.6. The minimum atomic E-state index is -4.68. The maximum atomic E-state index is 12.0. The quantitative estimate of drug-likeness (QED) is 0.804. The number of benzene rings is 1. The van der Waals surface area contributed by atoms with Crippen LogP contribution in [0.2, 0.25) is 0 Å². The van der Waals surface area contributed by atoms with Crippen LogP contribution in [-0.4, -0.2) is 17.5 Å². The molecule has 0 heterocycles. The van der Waals surface area contributed by atoms with Crippen LogP contribution in [0.25, 0.3) is 0 Å². The lowest BCUT2D eigenvalue weighted by Gasteiger charge is -2.18. The van der Waals surface area contributed by atoms with Gasteiger partial charge in [-0.05, 0) is 49.3 Å². The van der Waals surface area contributed by atoms with Crippen molar-refractivity contribution in [3.05, 3.63) is 24.3 Å². The fraction of sp³-hybridized carbons (Fsp3) is 0.462. The SMILES string of the molecule is CCC(CC)NC(=S)Nc1ccc(OC(F)(F)F)cc1. The molecule has 0 unspecified atom stereocenters. The second-order valence-electron chi connectivity index (χ2n) is 4.18.